The molecule has 0 saturated carbocycles. The fourth-order valence-corrected chi connectivity index (χ4v) is 1.79. The molecule has 2 heterocycles. The molecule has 0 amide bonds. The van der Waals surface area contributed by atoms with Gasteiger partial charge in [-0.3, -0.25) is 10.1 Å². The summed E-state index contributed by atoms with van der Waals surface area (Å²) >= 11 is 0. The highest BCUT2D eigenvalue weighted by Gasteiger charge is 2.13. The summed E-state index contributed by atoms with van der Waals surface area (Å²) in [6.07, 6.45) is 3.25. The van der Waals surface area contributed by atoms with Crippen molar-refractivity contribution in [2.24, 2.45) is 0 Å². The maximum absolute atomic E-state index is 9.07. The minimum Gasteiger partial charge on any atom is -0.396 e. The Morgan fingerprint density at radius 3 is 2.88 bits per heavy atom. The number of rotatable bonds is 4. The molecule has 0 aliphatic heterocycles. The van der Waals surface area contributed by atoms with E-state index in [1.54, 1.807) is 6.20 Å². The lowest BCUT2D eigenvalue weighted by atomic mass is 10.1. The lowest BCUT2D eigenvalue weighted by molar-refractivity contribution is 0.299. The number of nitrogens with zero attached hydrogens (tertiary/aromatic N) is 2. The van der Waals surface area contributed by atoms with E-state index >= 15 is 0 Å². The molecule has 2 N–H and O–H groups in total. The smallest absolute Gasteiger partial charge is 0.114 e. The summed E-state index contributed by atoms with van der Waals surface area (Å²) in [5.41, 5.74) is 3.85. The lowest BCUT2D eigenvalue weighted by Gasteiger charge is -2.02. The number of hydrogen-bond acceptors (Lipinski definition) is 3. The molecule has 0 radical (unpaired) electrons. The van der Waals surface area contributed by atoms with Crippen molar-refractivity contribution < 1.29 is 5.11 Å². The van der Waals surface area contributed by atoms with E-state index in [2.05, 4.69) is 22.1 Å². The SMILES string of the molecule is CCc1[nH]nc(-c2ccccn2)c1CCO. The van der Waals surface area contributed by atoms with E-state index in [-0.39, 0.29) is 6.61 Å². The first-order valence-electron chi connectivity index (χ1n) is 5.45. The van der Waals surface area contributed by atoms with Crippen LogP contribution in [0.3, 0.4) is 0 Å². The quantitative estimate of drug-likeness (QED) is 0.817. The van der Waals surface area contributed by atoms with E-state index in [4.69, 9.17) is 5.11 Å². The van der Waals surface area contributed by atoms with Crippen molar-refractivity contribution in [3.8, 4) is 11.4 Å². The third-order valence-corrected chi connectivity index (χ3v) is 2.58. The summed E-state index contributed by atoms with van der Waals surface area (Å²) in [6.45, 7) is 2.20. The number of aliphatic hydroxyl groups is 1. The molecule has 4 nitrogen and oxygen atoms in total. The molecule has 0 atom stereocenters. The van der Waals surface area contributed by atoms with Crippen LogP contribution in [0, 0.1) is 0 Å². The van der Waals surface area contributed by atoms with Crippen molar-refractivity contribution in [3.05, 3.63) is 35.7 Å². The number of aryl methyl sites for hydroxylation is 1. The second kappa shape index (κ2) is 4.90. The predicted molar refractivity (Wildman–Crippen MR) is 62.0 cm³/mol. The average Bonchev–Trinajstić information content (AvgIpc) is 2.74. The first-order chi connectivity index (χ1) is 7.86. The molecule has 2 rings (SSSR count). The van der Waals surface area contributed by atoms with Gasteiger partial charge in [-0.05, 0) is 25.0 Å². The monoisotopic (exact) mass is 217 g/mol. The van der Waals surface area contributed by atoms with Gasteiger partial charge in [0.1, 0.15) is 5.69 Å². The predicted octanol–water partition coefficient (Wildman–Crippen LogP) is 1.57. The summed E-state index contributed by atoms with van der Waals surface area (Å²) in [7, 11) is 0. The molecule has 0 saturated heterocycles. The molecule has 0 bridgehead atoms. The molecular formula is C12H15N3O. The maximum atomic E-state index is 9.07. The van der Waals surface area contributed by atoms with Crippen molar-refractivity contribution in [1.29, 1.82) is 0 Å². The van der Waals surface area contributed by atoms with Gasteiger partial charge in [0.25, 0.3) is 0 Å². The van der Waals surface area contributed by atoms with Crippen LogP contribution in [0.4, 0.5) is 0 Å². The number of aromatic nitrogens is 3. The molecule has 4 heteroatoms. The first-order valence-corrected chi connectivity index (χ1v) is 5.45. The molecule has 2 aromatic heterocycles. The minimum atomic E-state index is 0.131. The van der Waals surface area contributed by atoms with Gasteiger partial charge in [0.15, 0.2) is 0 Å². The van der Waals surface area contributed by atoms with Gasteiger partial charge in [0.05, 0.1) is 5.69 Å². The Hall–Kier alpha value is -1.68. The third kappa shape index (κ3) is 1.97. The summed E-state index contributed by atoms with van der Waals surface area (Å²) in [4.78, 5) is 4.28. The van der Waals surface area contributed by atoms with E-state index in [1.165, 1.54) is 0 Å². The van der Waals surface area contributed by atoms with Crippen LogP contribution in [-0.4, -0.2) is 26.9 Å². The second-order valence-electron chi connectivity index (χ2n) is 3.57. The molecule has 0 fully saturated rings. The van der Waals surface area contributed by atoms with E-state index in [9.17, 15) is 0 Å². The molecule has 16 heavy (non-hydrogen) atoms. The molecule has 0 spiro atoms. The van der Waals surface area contributed by atoms with Crippen LogP contribution in [0.25, 0.3) is 11.4 Å². The van der Waals surface area contributed by atoms with Gasteiger partial charge in [-0.15, -0.1) is 0 Å². The van der Waals surface area contributed by atoms with Crippen LogP contribution >= 0.6 is 0 Å². The van der Waals surface area contributed by atoms with Gasteiger partial charge in [-0.2, -0.15) is 5.10 Å². The zero-order valence-corrected chi connectivity index (χ0v) is 9.27. The van der Waals surface area contributed by atoms with Crippen molar-refractivity contribution >= 4 is 0 Å². The molecule has 0 aromatic carbocycles. The fraction of sp³-hybridized carbons (Fsp3) is 0.333. The minimum absolute atomic E-state index is 0.131. The fourth-order valence-electron chi connectivity index (χ4n) is 1.79. The van der Waals surface area contributed by atoms with Crippen molar-refractivity contribution in [3.63, 3.8) is 0 Å². The van der Waals surface area contributed by atoms with Gasteiger partial charge >= 0.3 is 0 Å². The Kier molecular flexibility index (Phi) is 3.31. The van der Waals surface area contributed by atoms with Crippen LogP contribution in [0.2, 0.25) is 0 Å². The number of hydrogen-bond donors (Lipinski definition) is 2. The Morgan fingerprint density at radius 1 is 1.38 bits per heavy atom. The van der Waals surface area contributed by atoms with Crippen LogP contribution in [-0.2, 0) is 12.8 Å². The van der Waals surface area contributed by atoms with Crippen LogP contribution in [0.1, 0.15) is 18.2 Å². The highest BCUT2D eigenvalue weighted by Crippen LogP contribution is 2.22. The summed E-state index contributed by atoms with van der Waals surface area (Å²) < 4.78 is 0. The van der Waals surface area contributed by atoms with E-state index in [1.807, 2.05) is 18.2 Å². The van der Waals surface area contributed by atoms with Crippen LogP contribution in [0.15, 0.2) is 24.4 Å². The Morgan fingerprint density at radius 2 is 2.25 bits per heavy atom. The number of H-pyrrole nitrogens is 1. The number of aliphatic hydroxyl groups excluding tert-OH is 1. The highest BCUT2D eigenvalue weighted by atomic mass is 16.2. The van der Waals surface area contributed by atoms with Gasteiger partial charge in [-0.25, -0.2) is 0 Å². The lowest BCUT2D eigenvalue weighted by Crippen LogP contribution is -1.96. The Labute approximate surface area is 94.4 Å². The first kappa shape index (κ1) is 10.8. The maximum Gasteiger partial charge on any atom is 0.114 e. The molecule has 0 aliphatic carbocycles. The number of pyridine rings is 1. The zero-order chi connectivity index (χ0) is 11.4. The standard InChI is InChI=1S/C12H15N3O/c1-2-10-9(6-8-16)12(15-14-10)11-5-3-4-7-13-11/h3-5,7,16H,2,6,8H2,1H3,(H,14,15). The number of nitrogens with one attached hydrogen (secondary N) is 1. The van der Waals surface area contributed by atoms with Gasteiger partial charge in [0, 0.05) is 24.1 Å². The summed E-state index contributed by atoms with van der Waals surface area (Å²) in [6, 6.07) is 5.74. The van der Waals surface area contributed by atoms with Crippen molar-refractivity contribution in [1.82, 2.24) is 15.2 Å². The van der Waals surface area contributed by atoms with Crippen LogP contribution < -0.4 is 0 Å². The summed E-state index contributed by atoms with van der Waals surface area (Å²) in [5, 5.41) is 16.4. The Bertz CT molecular complexity index is 451. The normalized spacial score (nSPS) is 10.6. The zero-order valence-electron chi connectivity index (χ0n) is 9.27. The molecular weight excluding hydrogens is 202 g/mol. The van der Waals surface area contributed by atoms with Crippen LogP contribution in [0.5, 0.6) is 0 Å². The molecule has 0 unspecified atom stereocenters. The van der Waals surface area contributed by atoms with E-state index < -0.39 is 0 Å². The van der Waals surface area contributed by atoms with Gasteiger partial charge < -0.3 is 5.11 Å². The van der Waals surface area contributed by atoms with Crippen molar-refractivity contribution in [2.75, 3.05) is 6.61 Å². The van der Waals surface area contributed by atoms with E-state index in [0.717, 1.165) is 29.1 Å². The second-order valence-corrected chi connectivity index (χ2v) is 3.57. The molecule has 84 valence electrons. The summed E-state index contributed by atoms with van der Waals surface area (Å²) in [5.74, 6) is 0. The van der Waals surface area contributed by atoms with Crippen molar-refractivity contribution in [2.45, 2.75) is 19.8 Å². The topological polar surface area (TPSA) is 61.8 Å². The number of aromatic amines is 1. The van der Waals surface area contributed by atoms with Gasteiger partial charge in [0.2, 0.25) is 0 Å². The molecule has 0 aliphatic rings. The third-order valence-electron chi connectivity index (χ3n) is 2.58. The van der Waals surface area contributed by atoms with Gasteiger partial charge in [-0.1, -0.05) is 13.0 Å². The Balaban J connectivity index is 2.44. The highest BCUT2D eigenvalue weighted by molar-refractivity contribution is 5.59. The largest absolute Gasteiger partial charge is 0.396 e. The van der Waals surface area contributed by atoms with E-state index in [0.29, 0.717) is 6.42 Å². The average molecular weight is 217 g/mol. The molecule has 2 aromatic rings.